The lowest BCUT2D eigenvalue weighted by molar-refractivity contribution is -0.131. The first-order valence-electron chi connectivity index (χ1n) is 6.15. The Morgan fingerprint density at radius 2 is 2.00 bits per heavy atom. The number of halogens is 1. The first kappa shape index (κ1) is 13.3. The van der Waals surface area contributed by atoms with Crippen LogP contribution in [0.25, 0.3) is 0 Å². The SMILES string of the molecule is O=C(O)/C=C1\Nc2cccnc2N=C1c1ccc(Cl)cc1. The van der Waals surface area contributed by atoms with Crippen molar-refractivity contribution in [3.05, 3.63) is 65.0 Å². The minimum atomic E-state index is -1.05. The van der Waals surface area contributed by atoms with Crippen molar-refractivity contribution < 1.29 is 9.90 Å². The van der Waals surface area contributed by atoms with E-state index >= 15 is 0 Å². The number of hydrogen-bond donors (Lipinski definition) is 2. The van der Waals surface area contributed by atoms with E-state index in [-0.39, 0.29) is 0 Å². The Labute approximate surface area is 125 Å². The highest BCUT2D eigenvalue weighted by atomic mass is 35.5. The number of benzene rings is 1. The largest absolute Gasteiger partial charge is 0.478 e. The Balaban J connectivity index is 2.15. The fraction of sp³-hybridized carbons (Fsp3) is 0. The number of allylic oxidation sites excluding steroid dienone is 1. The number of carbonyl (C=O) groups is 1. The average Bonchev–Trinajstić information content (AvgIpc) is 2.47. The topological polar surface area (TPSA) is 74.6 Å². The van der Waals surface area contributed by atoms with Crippen LogP contribution >= 0.6 is 11.6 Å². The summed E-state index contributed by atoms with van der Waals surface area (Å²) < 4.78 is 0. The number of carboxylic acids is 1. The number of nitrogens with zero attached hydrogens (tertiary/aromatic N) is 2. The van der Waals surface area contributed by atoms with Crippen molar-refractivity contribution >= 4 is 34.8 Å². The first-order chi connectivity index (χ1) is 10.1. The predicted octanol–water partition coefficient (Wildman–Crippen LogP) is 3.25. The third-order valence-electron chi connectivity index (χ3n) is 2.91. The van der Waals surface area contributed by atoms with Crippen LogP contribution in [0, 0.1) is 0 Å². The van der Waals surface area contributed by atoms with E-state index in [1.54, 1.807) is 42.6 Å². The summed E-state index contributed by atoms with van der Waals surface area (Å²) in [6, 6.07) is 10.6. The molecule has 0 fully saturated rings. The third-order valence-corrected chi connectivity index (χ3v) is 3.17. The summed E-state index contributed by atoms with van der Waals surface area (Å²) >= 11 is 5.88. The van der Waals surface area contributed by atoms with Gasteiger partial charge in [-0.15, -0.1) is 0 Å². The maximum atomic E-state index is 11.0. The van der Waals surface area contributed by atoms with Crippen molar-refractivity contribution in [3.8, 4) is 0 Å². The van der Waals surface area contributed by atoms with Crippen LogP contribution in [0.3, 0.4) is 0 Å². The summed E-state index contributed by atoms with van der Waals surface area (Å²) in [5.74, 6) is -0.531. The number of hydrogen-bond acceptors (Lipinski definition) is 4. The zero-order valence-electron chi connectivity index (χ0n) is 10.7. The van der Waals surface area contributed by atoms with Gasteiger partial charge in [0.25, 0.3) is 0 Å². The van der Waals surface area contributed by atoms with Gasteiger partial charge in [0.2, 0.25) is 0 Å². The van der Waals surface area contributed by atoms with E-state index in [1.807, 2.05) is 0 Å². The first-order valence-corrected chi connectivity index (χ1v) is 6.53. The molecular formula is C15H10ClN3O2. The van der Waals surface area contributed by atoms with Gasteiger partial charge in [-0.05, 0) is 24.3 Å². The molecule has 2 heterocycles. The molecule has 0 saturated carbocycles. The van der Waals surface area contributed by atoms with Gasteiger partial charge in [-0.1, -0.05) is 23.7 Å². The zero-order chi connectivity index (χ0) is 14.8. The molecule has 0 unspecified atom stereocenters. The maximum Gasteiger partial charge on any atom is 0.330 e. The monoisotopic (exact) mass is 299 g/mol. The average molecular weight is 300 g/mol. The number of pyridine rings is 1. The molecule has 5 nitrogen and oxygen atoms in total. The van der Waals surface area contributed by atoms with E-state index in [0.717, 1.165) is 11.6 Å². The molecule has 2 N–H and O–H groups in total. The summed E-state index contributed by atoms with van der Waals surface area (Å²) in [5, 5.41) is 12.7. The highest BCUT2D eigenvalue weighted by molar-refractivity contribution is 6.30. The maximum absolute atomic E-state index is 11.0. The number of anilines is 1. The number of rotatable bonds is 2. The lowest BCUT2D eigenvalue weighted by Crippen LogP contribution is -2.18. The van der Waals surface area contributed by atoms with Gasteiger partial charge < -0.3 is 10.4 Å². The molecule has 0 radical (unpaired) electrons. The van der Waals surface area contributed by atoms with Crippen LogP contribution in [0.15, 0.2) is 59.4 Å². The van der Waals surface area contributed by atoms with Gasteiger partial charge in [0.05, 0.1) is 17.1 Å². The van der Waals surface area contributed by atoms with E-state index in [1.165, 1.54) is 0 Å². The van der Waals surface area contributed by atoms with Gasteiger partial charge in [-0.25, -0.2) is 14.8 Å². The number of carboxylic acid groups (broad SMARTS) is 1. The smallest absolute Gasteiger partial charge is 0.330 e. The number of aliphatic imine (C=N–C) groups is 1. The second-order valence-corrected chi connectivity index (χ2v) is 4.80. The van der Waals surface area contributed by atoms with Gasteiger partial charge >= 0.3 is 5.97 Å². The van der Waals surface area contributed by atoms with Crippen LogP contribution in [-0.4, -0.2) is 21.8 Å². The van der Waals surface area contributed by atoms with Gasteiger partial charge in [-0.2, -0.15) is 0 Å². The molecule has 21 heavy (non-hydrogen) atoms. The molecular weight excluding hydrogens is 290 g/mol. The molecule has 0 amide bonds. The Kier molecular flexibility index (Phi) is 3.41. The number of aliphatic carboxylic acids is 1. The number of aromatic nitrogens is 1. The van der Waals surface area contributed by atoms with Gasteiger partial charge in [0, 0.05) is 22.9 Å². The van der Waals surface area contributed by atoms with E-state index in [4.69, 9.17) is 16.7 Å². The summed E-state index contributed by atoms with van der Waals surface area (Å²) in [6.07, 6.45) is 2.72. The van der Waals surface area contributed by atoms with Gasteiger partial charge in [0.15, 0.2) is 5.82 Å². The summed E-state index contributed by atoms with van der Waals surface area (Å²) in [6.45, 7) is 0. The molecule has 104 valence electrons. The van der Waals surface area contributed by atoms with Crippen molar-refractivity contribution in [3.63, 3.8) is 0 Å². The van der Waals surface area contributed by atoms with Crippen molar-refractivity contribution in [1.82, 2.24) is 4.98 Å². The molecule has 1 aromatic carbocycles. The van der Waals surface area contributed by atoms with E-state index in [0.29, 0.717) is 27.9 Å². The Morgan fingerprint density at radius 3 is 2.71 bits per heavy atom. The minimum Gasteiger partial charge on any atom is -0.478 e. The highest BCUT2D eigenvalue weighted by Gasteiger charge is 2.19. The van der Waals surface area contributed by atoms with Crippen LogP contribution in [0.2, 0.25) is 5.02 Å². The lowest BCUT2D eigenvalue weighted by Gasteiger charge is -2.19. The zero-order valence-corrected chi connectivity index (χ0v) is 11.5. The van der Waals surface area contributed by atoms with E-state index < -0.39 is 5.97 Å². The molecule has 6 heteroatoms. The van der Waals surface area contributed by atoms with Crippen LogP contribution in [0.4, 0.5) is 11.5 Å². The molecule has 2 aromatic rings. The fourth-order valence-corrected chi connectivity index (χ4v) is 2.14. The third kappa shape index (κ3) is 2.78. The lowest BCUT2D eigenvalue weighted by atomic mass is 10.0. The summed E-state index contributed by atoms with van der Waals surface area (Å²) in [5.41, 5.74) is 2.35. The van der Waals surface area contributed by atoms with Gasteiger partial charge in [-0.3, -0.25) is 0 Å². The normalized spacial score (nSPS) is 15.1. The molecule has 1 aromatic heterocycles. The van der Waals surface area contributed by atoms with Crippen LogP contribution in [0.1, 0.15) is 5.56 Å². The molecule has 3 rings (SSSR count). The molecule has 0 saturated heterocycles. The number of nitrogens with one attached hydrogen (secondary N) is 1. The van der Waals surface area contributed by atoms with Crippen molar-refractivity contribution in [1.29, 1.82) is 0 Å². The Bertz CT molecular complexity index is 767. The minimum absolute atomic E-state index is 0.408. The van der Waals surface area contributed by atoms with Crippen molar-refractivity contribution in [2.24, 2.45) is 4.99 Å². The van der Waals surface area contributed by atoms with Gasteiger partial charge in [0.1, 0.15) is 0 Å². The summed E-state index contributed by atoms with van der Waals surface area (Å²) in [4.78, 5) is 19.6. The van der Waals surface area contributed by atoms with Crippen LogP contribution < -0.4 is 5.32 Å². The number of fused-ring (bicyclic) bond motifs is 1. The van der Waals surface area contributed by atoms with E-state index in [2.05, 4.69) is 15.3 Å². The fourth-order valence-electron chi connectivity index (χ4n) is 2.01. The predicted molar refractivity (Wildman–Crippen MR) is 81.2 cm³/mol. The molecule has 0 atom stereocenters. The Morgan fingerprint density at radius 1 is 1.24 bits per heavy atom. The second kappa shape index (κ2) is 5.38. The molecule has 1 aliphatic heterocycles. The Hall–Kier alpha value is -2.66. The van der Waals surface area contributed by atoms with Crippen LogP contribution in [-0.2, 0) is 4.79 Å². The quantitative estimate of drug-likeness (QED) is 0.835. The molecule has 0 bridgehead atoms. The van der Waals surface area contributed by atoms with E-state index in [9.17, 15) is 4.79 Å². The molecule has 0 spiro atoms. The molecule has 1 aliphatic rings. The molecule has 0 aliphatic carbocycles. The second-order valence-electron chi connectivity index (χ2n) is 4.36. The van der Waals surface area contributed by atoms with Crippen molar-refractivity contribution in [2.75, 3.05) is 5.32 Å². The standard InChI is InChI=1S/C15H10ClN3O2/c16-10-5-3-9(4-6-10)14-12(8-13(20)21)18-11-2-1-7-17-15(11)19-14/h1-8,18H,(H,20,21)/b12-8-. The van der Waals surface area contributed by atoms with Crippen molar-refractivity contribution in [2.45, 2.75) is 0 Å². The highest BCUT2D eigenvalue weighted by Crippen LogP contribution is 2.30. The van der Waals surface area contributed by atoms with Crippen LogP contribution in [0.5, 0.6) is 0 Å². The summed E-state index contributed by atoms with van der Waals surface area (Å²) in [7, 11) is 0.